The number of hydrogen-bond donors (Lipinski definition) is 4. The lowest BCUT2D eigenvalue weighted by Gasteiger charge is -2.09. The van der Waals surface area contributed by atoms with Crippen LogP contribution >= 0.6 is 0 Å². The number of aryl methyl sites for hydroxylation is 1. The summed E-state index contributed by atoms with van der Waals surface area (Å²) in [6.07, 6.45) is 1.79. The van der Waals surface area contributed by atoms with E-state index in [0.29, 0.717) is 31.4 Å². The summed E-state index contributed by atoms with van der Waals surface area (Å²) in [5.74, 6) is 7.42. The van der Waals surface area contributed by atoms with Gasteiger partial charge < -0.3 is 20.6 Å². The van der Waals surface area contributed by atoms with E-state index in [4.69, 9.17) is 15.7 Å². The number of aliphatic hydroxyl groups is 1. The molecule has 0 atom stereocenters. The first kappa shape index (κ1) is 14.6. The van der Waals surface area contributed by atoms with E-state index in [1.807, 2.05) is 0 Å². The number of aromatic nitrogens is 2. The van der Waals surface area contributed by atoms with Crippen molar-refractivity contribution in [2.45, 2.75) is 19.8 Å². The van der Waals surface area contributed by atoms with E-state index in [9.17, 15) is 0 Å². The first-order valence-electron chi connectivity index (χ1n) is 6.07. The molecule has 1 rings (SSSR count). The van der Waals surface area contributed by atoms with Gasteiger partial charge in [0.2, 0.25) is 0 Å². The molecule has 0 unspecified atom stereocenters. The van der Waals surface area contributed by atoms with E-state index < -0.39 is 0 Å². The minimum atomic E-state index is 0.0371. The minimum Gasteiger partial charge on any atom is -0.394 e. The van der Waals surface area contributed by atoms with Gasteiger partial charge in [0, 0.05) is 19.0 Å². The smallest absolute Gasteiger partial charge is 0.145 e. The Bertz CT molecular complexity index is 348. The van der Waals surface area contributed by atoms with Crippen LogP contribution in [-0.4, -0.2) is 41.4 Å². The van der Waals surface area contributed by atoms with Crippen molar-refractivity contribution in [3.05, 3.63) is 11.9 Å². The Labute approximate surface area is 107 Å². The van der Waals surface area contributed by atoms with Crippen LogP contribution in [0.5, 0.6) is 0 Å². The third-order valence-electron chi connectivity index (χ3n) is 2.18. The van der Waals surface area contributed by atoms with Gasteiger partial charge in [0.1, 0.15) is 17.5 Å². The number of nitrogen functional groups attached to an aromatic ring is 1. The Morgan fingerprint density at radius 2 is 2.11 bits per heavy atom. The number of nitrogens with two attached hydrogens (primary N) is 1. The zero-order chi connectivity index (χ0) is 13.2. The van der Waals surface area contributed by atoms with Gasteiger partial charge in [-0.05, 0) is 6.42 Å². The largest absolute Gasteiger partial charge is 0.394 e. The normalized spacial score (nSPS) is 10.4. The lowest BCUT2D eigenvalue weighted by atomic mass is 10.3. The molecule has 0 spiro atoms. The van der Waals surface area contributed by atoms with Crippen LogP contribution < -0.4 is 16.6 Å². The Balaban J connectivity index is 2.50. The van der Waals surface area contributed by atoms with Crippen LogP contribution in [0.4, 0.5) is 11.6 Å². The van der Waals surface area contributed by atoms with E-state index in [1.165, 1.54) is 0 Å². The average molecular weight is 255 g/mol. The fourth-order valence-corrected chi connectivity index (χ4v) is 1.41. The highest BCUT2D eigenvalue weighted by molar-refractivity contribution is 5.46. The second-order valence-corrected chi connectivity index (χ2v) is 3.71. The molecule has 1 aromatic rings. The monoisotopic (exact) mass is 255 g/mol. The van der Waals surface area contributed by atoms with Gasteiger partial charge in [0.25, 0.3) is 0 Å². The third-order valence-corrected chi connectivity index (χ3v) is 2.18. The summed E-state index contributed by atoms with van der Waals surface area (Å²) >= 11 is 0. The summed E-state index contributed by atoms with van der Waals surface area (Å²) in [6, 6.07) is 1.74. The van der Waals surface area contributed by atoms with E-state index in [1.54, 1.807) is 6.07 Å². The average Bonchev–Trinajstić information content (AvgIpc) is 2.38. The zero-order valence-corrected chi connectivity index (χ0v) is 10.6. The van der Waals surface area contributed by atoms with Crippen LogP contribution in [-0.2, 0) is 11.2 Å². The van der Waals surface area contributed by atoms with Crippen molar-refractivity contribution < 1.29 is 9.84 Å². The number of ether oxygens (including phenoxy) is 1. The van der Waals surface area contributed by atoms with Crippen LogP contribution in [0.1, 0.15) is 19.2 Å². The fourth-order valence-electron chi connectivity index (χ4n) is 1.41. The summed E-state index contributed by atoms with van der Waals surface area (Å²) in [7, 11) is 0. The molecule has 102 valence electrons. The first-order valence-corrected chi connectivity index (χ1v) is 6.07. The molecule has 0 radical (unpaired) electrons. The Hall–Kier alpha value is -1.44. The number of hydrazine groups is 1. The maximum atomic E-state index is 8.56. The number of rotatable bonds is 9. The molecule has 0 aliphatic heterocycles. The lowest BCUT2D eigenvalue weighted by Crippen LogP contribution is -2.15. The van der Waals surface area contributed by atoms with Crippen molar-refractivity contribution in [1.29, 1.82) is 0 Å². The summed E-state index contributed by atoms with van der Waals surface area (Å²) in [5, 5.41) is 11.7. The van der Waals surface area contributed by atoms with E-state index >= 15 is 0 Å². The highest BCUT2D eigenvalue weighted by atomic mass is 16.5. The molecule has 0 fully saturated rings. The molecule has 0 aliphatic rings. The quantitative estimate of drug-likeness (QED) is 0.282. The van der Waals surface area contributed by atoms with Crippen molar-refractivity contribution >= 4 is 11.6 Å². The van der Waals surface area contributed by atoms with Gasteiger partial charge in [0.05, 0.1) is 19.8 Å². The van der Waals surface area contributed by atoms with Gasteiger partial charge in [-0.3, -0.25) is 0 Å². The Kier molecular flexibility index (Phi) is 7.00. The minimum absolute atomic E-state index is 0.0371. The summed E-state index contributed by atoms with van der Waals surface area (Å²) in [4.78, 5) is 8.61. The molecule has 7 heteroatoms. The van der Waals surface area contributed by atoms with Crippen LogP contribution in [0.25, 0.3) is 0 Å². The van der Waals surface area contributed by atoms with E-state index in [0.717, 1.165) is 18.7 Å². The number of nitrogens with one attached hydrogen (secondary N) is 2. The molecule has 7 nitrogen and oxygen atoms in total. The lowest BCUT2D eigenvalue weighted by molar-refractivity contribution is 0.0992. The van der Waals surface area contributed by atoms with Crippen molar-refractivity contribution in [2.24, 2.45) is 5.84 Å². The van der Waals surface area contributed by atoms with Gasteiger partial charge >= 0.3 is 0 Å². The number of hydrogen-bond acceptors (Lipinski definition) is 7. The van der Waals surface area contributed by atoms with E-state index in [2.05, 4.69) is 27.6 Å². The zero-order valence-electron chi connectivity index (χ0n) is 10.6. The highest BCUT2D eigenvalue weighted by Gasteiger charge is 2.03. The third kappa shape index (κ3) is 5.26. The number of anilines is 2. The predicted molar refractivity (Wildman–Crippen MR) is 70.2 cm³/mol. The van der Waals surface area contributed by atoms with Gasteiger partial charge in [0.15, 0.2) is 0 Å². The van der Waals surface area contributed by atoms with E-state index in [-0.39, 0.29) is 6.61 Å². The van der Waals surface area contributed by atoms with Gasteiger partial charge in [-0.15, -0.1) is 0 Å². The molecule has 1 heterocycles. The second kappa shape index (κ2) is 8.62. The van der Waals surface area contributed by atoms with Crippen LogP contribution in [0.2, 0.25) is 0 Å². The van der Waals surface area contributed by atoms with Gasteiger partial charge in [-0.25, -0.2) is 15.8 Å². The predicted octanol–water partition coefficient (Wildman–Crippen LogP) is 0.135. The van der Waals surface area contributed by atoms with Gasteiger partial charge in [-0.2, -0.15) is 0 Å². The number of aliphatic hydroxyl groups excluding tert-OH is 1. The van der Waals surface area contributed by atoms with Crippen molar-refractivity contribution in [2.75, 3.05) is 37.1 Å². The van der Waals surface area contributed by atoms with Crippen LogP contribution in [0.15, 0.2) is 6.07 Å². The second-order valence-electron chi connectivity index (χ2n) is 3.71. The highest BCUT2D eigenvalue weighted by Crippen LogP contribution is 2.11. The molecule has 0 saturated heterocycles. The SMILES string of the molecule is CCCc1nc(NN)cc(NCCOCCO)n1. The molecule has 0 bridgehead atoms. The molecule has 0 aromatic carbocycles. The molecule has 0 aliphatic carbocycles. The summed E-state index contributed by atoms with van der Waals surface area (Å²) in [6.45, 7) is 3.59. The molecule has 0 saturated carbocycles. The summed E-state index contributed by atoms with van der Waals surface area (Å²) < 4.78 is 5.14. The van der Waals surface area contributed by atoms with Crippen LogP contribution in [0.3, 0.4) is 0 Å². The molecular formula is C11H21N5O2. The topological polar surface area (TPSA) is 105 Å². The first-order chi connectivity index (χ1) is 8.80. The van der Waals surface area contributed by atoms with Crippen molar-refractivity contribution in [3.63, 3.8) is 0 Å². The standard InChI is InChI=1S/C11H21N5O2/c1-2-3-9-14-10(8-11(15-9)16-12)13-4-6-18-7-5-17/h8,17H,2-7,12H2,1H3,(H2,13,14,15,16). The molecule has 5 N–H and O–H groups in total. The molecule has 0 amide bonds. The Morgan fingerprint density at radius 3 is 2.78 bits per heavy atom. The summed E-state index contributed by atoms with van der Waals surface area (Å²) in [5.41, 5.74) is 2.52. The van der Waals surface area contributed by atoms with Gasteiger partial charge in [-0.1, -0.05) is 6.92 Å². The van der Waals surface area contributed by atoms with Crippen molar-refractivity contribution in [1.82, 2.24) is 9.97 Å². The number of nitrogens with zero attached hydrogens (tertiary/aromatic N) is 2. The van der Waals surface area contributed by atoms with Crippen LogP contribution in [0, 0.1) is 0 Å². The molecule has 18 heavy (non-hydrogen) atoms. The molecule has 1 aromatic heterocycles. The van der Waals surface area contributed by atoms with Crippen molar-refractivity contribution in [3.8, 4) is 0 Å². The Morgan fingerprint density at radius 1 is 1.33 bits per heavy atom. The fraction of sp³-hybridized carbons (Fsp3) is 0.636. The maximum Gasteiger partial charge on any atom is 0.145 e. The maximum absolute atomic E-state index is 8.56. The molecular weight excluding hydrogens is 234 g/mol.